The number of hydrogen-bond donors (Lipinski definition) is 3. The highest BCUT2D eigenvalue weighted by molar-refractivity contribution is 5.81. The Balaban J connectivity index is -0.000000735. The van der Waals surface area contributed by atoms with Crippen LogP contribution in [0.2, 0.25) is 0 Å². The molecule has 1 atom stereocenters. The molecule has 1 unspecified atom stereocenters. The quantitative estimate of drug-likeness (QED) is 0.125. The maximum absolute atomic E-state index is 11.5. The zero-order valence-corrected chi connectivity index (χ0v) is 23.9. The van der Waals surface area contributed by atoms with Gasteiger partial charge in [0, 0.05) is 17.2 Å². The van der Waals surface area contributed by atoms with Crippen molar-refractivity contribution >= 4 is 24.2 Å². The molecule has 37 heavy (non-hydrogen) atoms. The van der Waals surface area contributed by atoms with Crippen molar-refractivity contribution in [1.29, 1.82) is 0 Å². The van der Waals surface area contributed by atoms with Crippen molar-refractivity contribution in [2.45, 2.75) is 53.1 Å². The van der Waals surface area contributed by atoms with Crippen LogP contribution in [0.15, 0.2) is 48.8 Å². The zero-order valence-electron chi connectivity index (χ0n) is 23.9. The molecule has 0 saturated heterocycles. The largest absolute Gasteiger partial charge is 0.496 e. The maximum atomic E-state index is 11.5. The Bertz CT molecular complexity index is 827. The first kappa shape index (κ1) is 38.1. The van der Waals surface area contributed by atoms with Crippen molar-refractivity contribution < 1.29 is 28.6 Å². The number of allylic oxidation sites excluding steroid dienone is 4. The first-order valence-corrected chi connectivity index (χ1v) is 12.0. The molecule has 0 saturated carbocycles. The Morgan fingerprint density at radius 1 is 1.14 bits per heavy atom. The number of aldehydes is 1. The van der Waals surface area contributed by atoms with Gasteiger partial charge in [0.1, 0.15) is 23.8 Å². The molecule has 0 aliphatic carbocycles. The summed E-state index contributed by atoms with van der Waals surface area (Å²) in [5.74, 6) is 0.871. The summed E-state index contributed by atoms with van der Waals surface area (Å²) >= 11 is 0. The van der Waals surface area contributed by atoms with E-state index in [1.165, 1.54) is 7.11 Å². The second-order valence-corrected chi connectivity index (χ2v) is 7.19. The van der Waals surface area contributed by atoms with Crippen molar-refractivity contribution in [3.05, 3.63) is 59.9 Å². The predicted octanol–water partition coefficient (Wildman–Crippen LogP) is 3.43. The van der Waals surface area contributed by atoms with Crippen molar-refractivity contribution in [3.8, 4) is 5.75 Å². The second kappa shape index (κ2) is 25.7. The summed E-state index contributed by atoms with van der Waals surface area (Å²) in [7, 11) is 6.46. The summed E-state index contributed by atoms with van der Waals surface area (Å²) in [6, 6.07) is 5.56. The molecule has 0 aliphatic heterocycles. The molecule has 0 fully saturated rings. The lowest BCUT2D eigenvalue weighted by molar-refractivity contribution is -0.142. The monoisotopic (exact) mass is 521 g/mol. The minimum Gasteiger partial charge on any atom is -0.496 e. The van der Waals surface area contributed by atoms with E-state index in [-0.39, 0.29) is 6.54 Å². The fraction of sp³-hybridized carbons (Fsp3) is 0.464. The van der Waals surface area contributed by atoms with E-state index in [0.717, 1.165) is 16.7 Å². The lowest BCUT2D eigenvalue weighted by Gasteiger charge is -2.15. The molecule has 210 valence electrons. The summed E-state index contributed by atoms with van der Waals surface area (Å²) in [6.07, 6.45) is 6.93. The van der Waals surface area contributed by atoms with Gasteiger partial charge in [-0.1, -0.05) is 52.5 Å². The molecule has 0 bridgehead atoms. The molecular formula is C28H47N3O6. The third-order valence-electron chi connectivity index (χ3n) is 4.38. The normalized spacial score (nSPS) is 11.1. The first-order valence-electron chi connectivity index (χ1n) is 12.0. The number of rotatable bonds is 12. The average molecular weight is 522 g/mol. The summed E-state index contributed by atoms with van der Waals surface area (Å²) in [5, 5.41) is 5.18. The molecule has 0 aliphatic rings. The van der Waals surface area contributed by atoms with Crippen LogP contribution < -0.4 is 21.1 Å². The topological polar surface area (TPSA) is 129 Å². The fourth-order valence-corrected chi connectivity index (χ4v) is 2.45. The molecular weight excluding hydrogens is 474 g/mol. The van der Waals surface area contributed by atoms with Gasteiger partial charge in [-0.05, 0) is 44.2 Å². The molecule has 1 aromatic rings. The van der Waals surface area contributed by atoms with Crippen LogP contribution in [0.4, 0.5) is 0 Å². The van der Waals surface area contributed by atoms with Gasteiger partial charge in [-0.2, -0.15) is 0 Å². The predicted molar refractivity (Wildman–Crippen MR) is 151 cm³/mol. The van der Waals surface area contributed by atoms with Gasteiger partial charge in [-0.15, -0.1) is 0 Å². The highest BCUT2D eigenvalue weighted by atomic mass is 16.5. The molecule has 9 nitrogen and oxygen atoms in total. The average Bonchev–Trinajstić information content (AvgIpc) is 2.93. The number of carbonyl (C=O) groups is 3. The molecule has 4 N–H and O–H groups in total. The molecule has 0 radical (unpaired) electrons. The zero-order chi connectivity index (χ0) is 29.2. The molecule has 1 amide bonds. The van der Waals surface area contributed by atoms with Gasteiger partial charge in [0.15, 0.2) is 0 Å². The van der Waals surface area contributed by atoms with Gasteiger partial charge in [-0.25, -0.2) is 0 Å². The molecule has 1 rings (SSSR count). The lowest BCUT2D eigenvalue weighted by Crippen LogP contribution is -2.33. The summed E-state index contributed by atoms with van der Waals surface area (Å²) in [4.78, 5) is 30.2. The molecule has 0 spiro atoms. The van der Waals surface area contributed by atoms with E-state index >= 15 is 0 Å². The summed E-state index contributed by atoms with van der Waals surface area (Å²) < 4.78 is 15.5. The smallest absolute Gasteiger partial charge is 0.322 e. The van der Waals surface area contributed by atoms with E-state index in [1.807, 2.05) is 58.2 Å². The van der Waals surface area contributed by atoms with Crippen LogP contribution in [0.25, 0.3) is 5.57 Å². The van der Waals surface area contributed by atoms with Crippen LogP contribution in [0, 0.1) is 0 Å². The molecule has 9 heteroatoms. The van der Waals surface area contributed by atoms with Crippen LogP contribution in [-0.4, -0.2) is 65.7 Å². The Hall–Kier alpha value is -3.43. The van der Waals surface area contributed by atoms with E-state index in [0.29, 0.717) is 36.7 Å². The number of methoxy groups -OCH3 is 3. The van der Waals surface area contributed by atoms with Crippen molar-refractivity contribution in [2.75, 3.05) is 34.9 Å². The molecule has 0 aromatic heterocycles. The Morgan fingerprint density at radius 2 is 1.73 bits per heavy atom. The minimum atomic E-state index is -0.716. The third-order valence-corrected chi connectivity index (χ3v) is 4.38. The SMILES string of the molecule is C=C/C(OC)=C(\C=C\C)c1cc(CC(N)C(=O)OC)ccc1OC.CC.CNC(C)C.O=CCNC=O. The van der Waals surface area contributed by atoms with Crippen LogP contribution in [0.5, 0.6) is 5.75 Å². The number of hydrogen-bond acceptors (Lipinski definition) is 8. The van der Waals surface area contributed by atoms with E-state index in [2.05, 4.69) is 35.8 Å². The van der Waals surface area contributed by atoms with Gasteiger partial charge in [0.05, 0.1) is 27.9 Å². The third kappa shape index (κ3) is 17.6. The number of nitrogens with two attached hydrogens (primary N) is 1. The number of nitrogens with one attached hydrogen (secondary N) is 2. The summed E-state index contributed by atoms with van der Waals surface area (Å²) in [5.41, 5.74) is 8.42. The van der Waals surface area contributed by atoms with Crippen LogP contribution >= 0.6 is 0 Å². The van der Waals surface area contributed by atoms with Crippen LogP contribution in [-0.2, 0) is 30.3 Å². The number of benzene rings is 1. The fourth-order valence-electron chi connectivity index (χ4n) is 2.45. The van der Waals surface area contributed by atoms with Gasteiger partial charge >= 0.3 is 5.97 Å². The van der Waals surface area contributed by atoms with Crippen molar-refractivity contribution in [2.24, 2.45) is 5.73 Å². The standard InChI is InChI=1S/C19H25NO4.C4H11N.C3H5NO2.C2H6/c1-6-8-14(17(7-2)22-3)15-11-13(9-10-18(15)23-4)12-16(20)19(21)24-5;1-4(2)5-3;5-2-1-4-3-6;1-2/h6-11,16H,2,12,20H2,1,3-5H3;4-5H,1-3H3;2-3H,1H2,(H,4,6);1-2H3/b8-6+,17-14-;;;. The molecule has 0 heterocycles. The van der Waals surface area contributed by atoms with E-state index in [9.17, 15) is 14.4 Å². The Labute approximate surface area is 223 Å². The second-order valence-electron chi connectivity index (χ2n) is 7.19. The van der Waals surface area contributed by atoms with E-state index in [4.69, 9.17) is 15.2 Å². The van der Waals surface area contributed by atoms with E-state index < -0.39 is 12.0 Å². The van der Waals surface area contributed by atoms with Crippen LogP contribution in [0.3, 0.4) is 0 Å². The first-order chi connectivity index (χ1) is 17.7. The van der Waals surface area contributed by atoms with Gasteiger partial charge < -0.3 is 35.4 Å². The minimum absolute atomic E-state index is 0.115. The van der Waals surface area contributed by atoms with Gasteiger partial charge in [0.2, 0.25) is 6.41 Å². The summed E-state index contributed by atoms with van der Waals surface area (Å²) in [6.45, 7) is 14.0. The maximum Gasteiger partial charge on any atom is 0.322 e. The number of ether oxygens (including phenoxy) is 3. The van der Waals surface area contributed by atoms with E-state index in [1.54, 1.807) is 20.3 Å². The number of amides is 1. The van der Waals surface area contributed by atoms with Crippen molar-refractivity contribution in [1.82, 2.24) is 10.6 Å². The highest BCUT2D eigenvalue weighted by Crippen LogP contribution is 2.31. The lowest BCUT2D eigenvalue weighted by atomic mass is 9.97. The van der Waals surface area contributed by atoms with Gasteiger partial charge in [-0.3, -0.25) is 9.59 Å². The Morgan fingerprint density at radius 3 is 2.08 bits per heavy atom. The van der Waals surface area contributed by atoms with Crippen LogP contribution in [0.1, 0.15) is 45.7 Å². The Kier molecular flexibility index (Phi) is 26.4. The molecule has 1 aromatic carbocycles. The van der Waals surface area contributed by atoms with Gasteiger partial charge in [0.25, 0.3) is 0 Å². The highest BCUT2D eigenvalue weighted by Gasteiger charge is 2.17. The number of esters is 1. The van der Waals surface area contributed by atoms with Crippen molar-refractivity contribution in [3.63, 3.8) is 0 Å². The number of carbonyl (C=O) groups excluding carboxylic acids is 3.